The molecule has 1 unspecified atom stereocenters. The van der Waals surface area contributed by atoms with Gasteiger partial charge in [-0.25, -0.2) is 23.0 Å². The SMILES string of the molecule is O=C(O)c1ccc(NC(=O)C(OC2CCOCC2)c2ccc(S(=O)(=O)C3CC3)cc2)nc1C(=O)O. The van der Waals surface area contributed by atoms with Crippen molar-refractivity contribution in [2.24, 2.45) is 0 Å². The quantitative estimate of drug-likeness (QED) is 0.460. The Morgan fingerprint density at radius 2 is 1.63 bits per heavy atom. The van der Waals surface area contributed by atoms with E-state index in [1.54, 1.807) is 0 Å². The molecule has 2 heterocycles. The molecule has 0 bridgehead atoms. The number of carboxylic acids is 2. The van der Waals surface area contributed by atoms with Crippen LogP contribution >= 0.6 is 0 Å². The van der Waals surface area contributed by atoms with Crippen molar-refractivity contribution in [2.75, 3.05) is 18.5 Å². The van der Waals surface area contributed by atoms with E-state index in [2.05, 4.69) is 10.3 Å². The summed E-state index contributed by atoms with van der Waals surface area (Å²) in [7, 11) is -3.40. The largest absolute Gasteiger partial charge is 0.478 e. The molecule has 2 aromatic rings. The average molecular weight is 505 g/mol. The van der Waals surface area contributed by atoms with Crippen LogP contribution in [0.4, 0.5) is 5.82 Å². The summed E-state index contributed by atoms with van der Waals surface area (Å²) in [5, 5.41) is 20.6. The van der Waals surface area contributed by atoms with E-state index < -0.39 is 45.0 Å². The maximum atomic E-state index is 13.2. The summed E-state index contributed by atoms with van der Waals surface area (Å²) in [5.74, 6) is -3.84. The van der Waals surface area contributed by atoms with Crippen molar-refractivity contribution in [3.63, 3.8) is 0 Å². The standard InChI is InChI=1S/C23H24N2O9S/c26-21(25-18-8-7-17(22(27)28)19(24-18)23(29)30)20(34-14-9-11-33-12-10-14)13-1-3-15(4-2-13)35(31,32)16-5-6-16/h1-4,7-8,14,16,20H,5-6,9-12H2,(H,27,28)(H,29,30)(H,24,25,26). The molecule has 1 amide bonds. The van der Waals surface area contributed by atoms with Crippen LogP contribution in [0.25, 0.3) is 0 Å². The van der Waals surface area contributed by atoms with E-state index in [9.17, 15) is 27.9 Å². The van der Waals surface area contributed by atoms with Gasteiger partial charge in [-0.1, -0.05) is 12.1 Å². The number of benzene rings is 1. The molecule has 12 heteroatoms. The normalized spacial score (nSPS) is 17.5. The van der Waals surface area contributed by atoms with Crippen molar-refractivity contribution < 1.29 is 42.5 Å². The number of nitrogens with one attached hydrogen (secondary N) is 1. The fraction of sp³-hybridized carbons (Fsp3) is 0.391. The third-order valence-electron chi connectivity index (χ3n) is 5.79. The van der Waals surface area contributed by atoms with Crippen LogP contribution < -0.4 is 5.32 Å². The Morgan fingerprint density at radius 3 is 2.20 bits per heavy atom. The topological polar surface area (TPSA) is 169 Å². The third kappa shape index (κ3) is 5.66. The second-order valence-corrected chi connectivity index (χ2v) is 10.6. The Balaban J connectivity index is 1.60. The van der Waals surface area contributed by atoms with Gasteiger partial charge in [-0.3, -0.25) is 4.79 Å². The highest BCUT2D eigenvalue weighted by Gasteiger charge is 2.37. The molecular weight excluding hydrogens is 480 g/mol. The number of pyridine rings is 1. The fourth-order valence-corrected chi connectivity index (χ4v) is 5.41. The molecule has 0 radical (unpaired) electrons. The van der Waals surface area contributed by atoms with Crippen LogP contribution in [0.2, 0.25) is 0 Å². The molecule has 4 rings (SSSR count). The van der Waals surface area contributed by atoms with Crippen molar-refractivity contribution in [1.82, 2.24) is 4.98 Å². The minimum absolute atomic E-state index is 0.161. The molecule has 1 aliphatic heterocycles. The van der Waals surface area contributed by atoms with Gasteiger partial charge in [0.1, 0.15) is 5.82 Å². The molecule has 1 aliphatic carbocycles. The number of ether oxygens (including phenoxy) is 2. The Bertz CT molecular complexity index is 1230. The number of aromatic carboxylic acids is 2. The van der Waals surface area contributed by atoms with E-state index in [1.807, 2.05) is 0 Å². The summed E-state index contributed by atoms with van der Waals surface area (Å²) >= 11 is 0. The van der Waals surface area contributed by atoms with E-state index in [0.29, 0.717) is 44.5 Å². The minimum atomic E-state index is -3.40. The van der Waals surface area contributed by atoms with E-state index in [4.69, 9.17) is 14.6 Å². The van der Waals surface area contributed by atoms with Crippen LogP contribution in [0, 0.1) is 0 Å². The van der Waals surface area contributed by atoms with Gasteiger partial charge < -0.3 is 25.0 Å². The first-order valence-electron chi connectivity index (χ1n) is 11.0. The maximum Gasteiger partial charge on any atom is 0.355 e. The molecule has 186 valence electrons. The Kier molecular flexibility index (Phi) is 7.15. The molecule has 1 saturated carbocycles. The van der Waals surface area contributed by atoms with Crippen molar-refractivity contribution in [1.29, 1.82) is 0 Å². The highest BCUT2D eigenvalue weighted by molar-refractivity contribution is 7.92. The molecule has 2 fully saturated rings. The zero-order valence-electron chi connectivity index (χ0n) is 18.5. The zero-order chi connectivity index (χ0) is 25.2. The number of carboxylic acid groups (broad SMARTS) is 2. The molecule has 2 aliphatic rings. The molecule has 1 saturated heterocycles. The van der Waals surface area contributed by atoms with E-state index in [1.165, 1.54) is 30.3 Å². The van der Waals surface area contributed by atoms with Crippen molar-refractivity contribution >= 4 is 33.5 Å². The van der Waals surface area contributed by atoms with Crippen molar-refractivity contribution in [3.8, 4) is 0 Å². The minimum Gasteiger partial charge on any atom is -0.478 e. The van der Waals surface area contributed by atoms with Crippen LogP contribution in [0.3, 0.4) is 0 Å². The second-order valence-electron chi connectivity index (χ2n) is 8.33. The zero-order valence-corrected chi connectivity index (χ0v) is 19.4. The first-order valence-corrected chi connectivity index (χ1v) is 12.6. The Morgan fingerprint density at radius 1 is 0.971 bits per heavy atom. The predicted octanol–water partition coefficient (Wildman–Crippen LogP) is 2.29. The monoisotopic (exact) mass is 504 g/mol. The number of carbonyl (C=O) groups excluding carboxylic acids is 1. The fourth-order valence-electron chi connectivity index (χ4n) is 3.76. The van der Waals surface area contributed by atoms with E-state index in [0.717, 1.165) is 6.07 Å². The summed E-state index contributed by atoms with van der Waals surface area (Å²) in [6.07, 6.45) is 0.956. The van der Waals surface area contributed by atoms with Gasteiger partial charge in [0, 0.05) is 13.2 Å². The van der Waals surface area contributed by atoms with Gasteiger partial charge in [0.15, 0.2) is 21.6 Å². The van der Waals surface area contributed by atoms with Gasteiger partial charge >= 0.3 is 11.9 Å². The van der Waals surface area contributed by atoms with E-state index >= 15 is 0 Å². The van der Waals surface area contributed by atoms with Crippen LogP contribution in [0.5, 0.6) is 0 Å². The lowest BCUT2D eigenvalue weighted by molar-refractivity contribution is -0.136. The summed E-state index contributed by atoms with van der Waals surface area (Å²) in [6, 6.07) is 8.15. The van der Waals surface area contributed by atoms with E-state index in [-0.39, 0.29) is 22.1 Å². The highest BCUT2D eigenvalue weighted by atomic mass is 32.2. The Hall–Kier alpha value is -3.35. The highest BCUT2D eigenvalue weighted by Crippen LogP contribution is 2.34. The van der Waals surface area contributed by atoms with Gasteiger partial charge in [-0.2, -0.15) is 0 Å². The molecule has 35 heavy (non-hydrogen) atoms. The number of anilines is 1. The van der Waals surface area contributed by atoms with Crippen molar-refractivity contribution in [3.05, 3.63) is 53.2 Å². The lowest BCUT2D eigenvalue weighted by Gasteiger charge is -2.27. The van der Waals surface area contributed by atoms with Gasteiger partial charge in [0.2, 0.25) is 0 Å². The summed E-state index contributed by atoms with van der Waals surface area (Å²) in [4.78, 5) is 39.8. The predicted molar refractivity (Wildman–Crippen MR) is 121 cm³/mol. The number of carbonyl (C=O) groups is 3. The van der Waals surface area contributed by atoms with Gasteiger partial charge in [0.05, 0.1) is 21.8 Å². The smallest absolute Gasteiger partial charge is 0.355 e. The summed E-state index contributed by atoms with van der Waals surface area (Å²) in [6.45, 7) is 0.940. The van der Waals surface area contributed by atoms with Gasteiger partial charge in [-0.15, -0.1) is 0 Å². The summed E-state index contributed by atoms with van der Waals surface area (Å²) in [5.41, 5.74) is -0.825. The van der Waals surface area contributed by atoms with Crippen LogP contribution in [-0.2, 0) is 24.1 Å². The number of sulfone groups is 1. The number of amides is 1. The van der Waals surface area contributed by atoms with Gasteiger partial charge in [0.25, 0.3) is 5.91 Å². The average Bonchev–Trinajstić information content (AvgIpc) is 3.69. The van der Waals surface area contributed by atoms with Crippen LogP contribution in [0.15, 0.2) is 41.3 Å². The third-order valence-corrected chi connectivity index (χ3v) is 8.07. The van der Waals surface area contributed by atoms with Crippen molar-refractivity contribution in [2.45, 2.75) is 48.0 Å². The second kappa shape index (κ2) is 10.1. The molecular formula is C23H24N2O9S. The number of hydrogen-bond donors (Lipinski definition) is 3. The Labute approximate surface area is 201 Å². The number of hydrogen-bond acceptors (Lipinski definition) is 8. The molecule has 0 spiro atoms. The summed E-state index contributed by atoms with van der Waals surface area (Å²) < 4.78 is 36.4. The molecule has 1 atom stereocenters. The molecule has 1 aromatic heterocycles. The maximum absolute atomic E-state index is 13.2. The van der Waals surface area contributed by atoms with Crippen LogP contribution in [0.1, 0.15) is 58.2 Å². The lowest BCUT2D eigenvalue weighted by atomic mass is 10.1. The number of rotatable bonds is 9. The van der Waals surface area contributed by atoms with Crippen LogP contribution in [-0.4, -0.2) is 66.0 Å². The molecule has 3 N–H and O–H groups in total. The lowest BCUT2D eigenvalue weighted by Crippen LogP contribution is -2.31. The van der Waals surface area contributed by atoms with Gasteiger partial charge in [-0.05, 0) is 55.5 Å². The number of aromatic nitrogens is 1. The molecule has 1 aromatic carbocycles. The first-order chi connectivity index (χ1) is 16.7. The number of nitrogens with zero attached hydrogens (tertiary/aromatic N) is 1. The molecule has 11 nitrogen and oxygen atoms in total. The first kappa shape index (κ1) is 24.8.